The highest BCUT2D eigenvalue weighted by molar-refractivity contribution is 9.10. The minimum Gasteiger partial charge on any atom is -0.389 e. The molecule has 3 nitrogen and oxygen atoms in total. The van der Waals surface area contributed by atoms with Crippen LogP contribution in [0.1, 0.15) is 19.8 Å². The zero-order chi connectivity index (χ0) is 15.1. The summed E-state index contributed by atoms with van der Waals surface area (Å²) in [7, 11) is 0. The van der Waals surface area contributed by atoms with Crippen LogP contribution in [0.4, 0.5) is 5.69 Å². The maximum absolute atomic E-state index is 9.94. The SMILES string of the molecule is CCCCOCC(O)CNc1ccc(Br)c2ccccc12. The van der Waals surface area contributed by atoms with Crippen LogP contribution in [0.25, 0.3) is 10.8 Å². The molecule has 114 valence electrons. The van der Waals surface area contributed by atoms with E-state index in [9.17, 15) is 5.11 Å². The molecule has 2 aromatic rings. The van der Waals surface area contributed by atoms with Gasteiger partial charge < -0.3 is 15.2 Å². The van der Waals surface area contributed by atoms with E-state index in [4.69, 9.17) is 4.74 Å². The molecule has 0 aliphatic heterocycles. The second-order valence-electron chi connectivity index (χ2n) is 5.10. The van der Waals surface area contributed by atoms with E-state index in [2.05, 4.69) is 40.3 Å². The van der Waals surface area contributed by atoms with Gasteiger partial charge in [0.1, 0.15) is 0 Å². The van der Waals surface area contributed by atoms with Gasteiger partial charge in [-0.15, -0.1) is 0 Å². The van der Waals surface area contributed by atoms with E-state index in [1.807, 2.05) is 24.3 Å². The van der Waals surface area contributed by atoms with Crippen molar-refractivity contribution in [3.8, 4) is 0 Å². The lowest BCUT2D eigenvalue weighted by molar-refractivity contribution is 0.0422. The summed E-state index contributed by atoms with van der Waals surface area (Å²) >= 11 is 3.56. The van der Waals surface area contributed by atoms with Gasteiger partial charge in [0.05, 0.1) is 12.7 Å². The molecule has 2 rings (SSSR count). The summed E-state index contributed by atoms with van der Waals surface area (Å²) in [5.74, 6) is 0. The second-order valence-corrected chi connectivity index (χ2v) is 5.96. The van der Waals surface area contributed by atoms with Crippen molar-refractivity contribution < 1.29 is 9.84 Å². The summed E-state index contributed by atoms with van der Waals surface area (Å²) in [5.41, 5.74) is 1.03. The van der Waals surface area contributed by atoms with Gasteiger partial charge in [0.25, 0.3) is 0 Å². The Labute approximate surface area is 134 Å². The van der Waals surface area contributed by atoms with E-state index in [-0.39, 0.29) is 0 Å². The van der Waals surface area contributed by atoms with E-state index in [1.54, 1.807) is 0 Å². The molecular formula is C17H22BrNO2. The fourth-order valence-corrected chi connectivity index (χ4v) is 2.65. The molecule has 0 fully saturated rings. The first kappa shape index (κ1) is 16.3. The Hall–Kier alpha value is -1.10. The summed E-state index contributed by atoms with van der Waals surface area (Å²) in [4.78, 5) is 0. The van der Waals surface area contributed by atoms with Gasteiger partial charge in [-0.3, -0.25) is 0 Å². The highest BCUT2D eigenvalue weighted by atomic mass is 79.9. The number of anilines is 1. The number of halogens is 1. The summed E-state index contributed by atoms with van der Waals surface area (Å²) in [6.07, 6.45) is 1.65. The van der Waals surface area contributed by atoms with Crippen molar-refractivity contribution in [1.82, 2.24) is 0 Å². The Kier molecular flexibility index (Phi) is 6.49. The van der Waals surface area contributed by atoms with Crippen LogP contribution in [0, 0.1) is 0 Å². The predicted molar refractivity (Wildman–Crippen MR) is 91.9 cm³/mol. The van der Waals surface area contributed by atoms with Crippen LogP contribution in [0.3, 0.4) is 0 Å². The first-order valence-electron chi connectivity index (χ1n) is 7.39. The molecule has 0 bridgehead atoms. The lowest BCUT2D eigenvalue weighted by atomic mass is 10.1. The molecular weight excluding hydrogens is 330 g/mol. The van der Waals surface area contributed by atoms with Gasteiger partial charge in [-0.2, -0.15) is 0 Å². The molecule has 0 aromatic heterocycles. The minimum absolute atomic E-state index is 0.376. The number of hydrogen-bond acceptors (Lipinski definition) is 3. The molecule has 0 amide bonds. The Morgan fingerprint density at radius 2 is 1.95 bits per heavy atom. The monoisotopic (exact) mass is 351 g/mol. The number of fused-ring (bicyclic) bond motifs is 1. The molecule has 2 N–H and O–H groups in total. The van der Waals surface area contributed by atoms with E-state index in [0.717, 1.165) is 40.4 Å². The Morgan fingerprint density at radius 1 is 1.19 bits per heavy atom. The van der Waals surface area contributed by atoms with Crippen LogP contribution in [0.5, 0.6) is 0 Å². The van der Waals surface area contributed by atoms with Crippen LogP contribution >= 0.6 is 15.9 Å². The van der Waals surface area contributed by atoms with E-state index in [1.165, 1.54) is 0 Å². The van der Waals surface area contributed by atoms with Crippen LogP contribution < -0.4 is 5.32 Å². The number of aliphatic hydroxyl groups excluding tert-OH is 1. The molecule has 4 heteroatoms. The molecule has 0 saturated heterocycles. The quantitative estimate of drug-likeness (QED) is 0.700. The van der Waals surface area contributed by atoms with Gasteiger partial charge in [0.15, 0.2) is 0 Å². The second kappa shape index (κ2) is 8.37. The number of nitrogens with one attached hydrogen (secondary N) is 1. The number of rotatable bonds is 8. The van der Waals surface area contributed by atoms with Crippen molar-refractivity contribution in [2.75, 3.05) is 25.1 Å². The molecule has 1 atom stereocenters. The Bertz CT molecular complexity index is 574. The lowest BCUT2D eigenvalue weighted by Gasteiger charge is -2.15. The molecule has 0 saturated carbocycles. The molecule has 0 heterocycles. The van der Waals surface area contributed by atoms with Gasteiger partial charge in [0.2, 0.25) is 0 Å². The highest BCUT2D eigenvalue weighted by Crippen LogP contribution is 2.29. The standard InChI is InChI=1S/C17H22BrNO2/c1-2-3-10-21-12-13(20)11-19-17-9-8-16(18)14-6-4-5-7-15(14)17/h4-9,13,19-20H,2-3,10-12H2,1H3. The van der Waals surface area contributed by atoms with Crippen molar-refractivity contribution >= 4 is 32.4 Å². The van der Waals surface area contributed by atoms with Crippen LogP contribution in [-0.2, 0) is 4.74 Å². The van der Waals surface area contributed by atoms with Gasteiger partial charge >= 0.3 is 0 Å². The maximum Gasteiger partial charge on any atom is 0.0945 e. The zero-order valence-electron chi connectivity index (χ0n) is 12.3. The average Bonchev–Trinajstić information content (AvgIpc) is 2.51. The molecule has 0 aliphatic rings. The molecule has 0 radical (unpaired) electrons. The van der Waals surface area contributed by atoms with E-state index in [0.29, 0.717) is 13.2 Å². The molecule has 2 aromatic carbocycles. The Balaban J connectivity index is 1.93. The normalized spacial score (nSPS) is 12.5. The third-order valence-corrected chi connectivity index (χ3v) is 4.04. The van der Waals surface area contributed by atoms with Crippen LogP contribution in [-0.4, -0.2) is 31.0 Å². The largest absolute Gasteiger partial charge is 0.389 e. The van der Waals surface area contributed by atoms with Crippen LogP contribution in [0.2, 0.25) is 0 Å². The molecule has 0 aliphatic carbocycles. The van der Waals surface area contributed by atoms with E-state index >= 15 is 0 Å². The minimum atomic E-state index is -0.496. The number of benzene rings is 2. The lowest BCUT2D eigenvalue weighted by Crippen LogP contribution is -2.25. The summed E-state index contributed by atoms with van der Waals surface area (Å²) in [6, 6.07) is 12.2. The average molecular weight is 352 g/mol. The van der Waals surface area contributed by atoms with Crippen molar-refractivity contribution in [3.05, 3.63) is 40.9 Å². The summed E-state index contributed by atoms with van der Waals surface area (Å²) < 4.78 is 6.51. The predicted octanol–water partition coefficient (Wildman–Crippen LogP) is 4.19. The number of aliphatic hydroxyl groups is 1. The van der Waals surface area contributed by atoms with Crippen molar-refractivity contribution in [2.45, 2.75) is 25.9 Å². The maximum atomic E-state index is 9.94. The van der Waals surface area contributed by atoms with Gasteiger partial charge in [-0.25, -0.2) is 0 Å². The summed E-state index contributed by atoms with van der Waals surface area (Å²) in [5, 5.41) is 15.6. The third-order valence-electron chi connectivity index (χ3n) is 3.35. The molecule has 0 spiro atoms. The fourth-order valence-electron chi connectivity index (χ4n) is 2.17. The van der Waals surface area contributed by atoms with Crippen LogP contribution in [0.15, 0.2) is 40.9 Å². The highest BCUT2D eigenvalue weighted by Gasteiger charge is 2.07. The third kappa shape index (κ3) is 4.70. The topological polar surface area (TPSA) is 41.5 Å². The smallest absolute Gasteiger partial charge is 0.0945 e. The number of ether oxygens (including phenoxy) is 1. The molecule has 1 unspecified atom stereocenters. The van der Waals surface area contributed by atoms with E-state index < -0.39 is 6.10 Å². The van der Waals surface area contributed by atoms with Gasteiger partial charge in [0, 0.05) is 28.7 Å². The number of hydrogen-bond donors (Lipinski definition) is 2. The van der Waals surface area contributed by atoms with Crippen molar-refractivity contribution in [2.24, 2.45) is 0 Å². The van der Waals surface area contributed by atoms with Gasteiger partial charge in [-0.1, -0.05) is 53.5 Å². The summed E-state index contributed by atoms with van der Waals surface area (Å²) in [6.45, 7) is 3.70. The van der Waals surface area contributed by atoms with Crippen molar-refractivity contribution in [1.29, 1.82) is 0 Å². The number of unbranched alkanes of at least 4 members (excludes halogenated alkanes) is 1. The first-order valence-corrected chi connectivity index (χ1v) is 8.18. The first-order chi connectivity index (χ1) is 10.2. The Morgan fingerprint density at radius 3 is 2.71 bits per heavy atom. The zero-order valence-corrected chi connectivity index (χ0v) is 13.9. The molecule has 21 heavy (non-hydrogen) atoms. The van der Waals surface area contributed by atoms with Crippen molar-refractivity contribution in [3.63, 3.8) is 0 Å². The fraction of sp³-hybridized carbons (Fsp3) is 0.412. The van der Waals surface area contributed by atoms with Gasteiger partial charge in [-0.05, 0) is 23.9 Å².